The molecule has 2 N–H and O–H groups in total. The number of sulfone groups is 1. The SMILES string of the molecule is CCCn1nc(C(=O)NNC(=O)C[C@@H]2CCS(=O)(=O)C2)c2ccccc2c1=O. The van der Waals surface area contributed by atoms with Gasteiger partial charge in [-0.15, -0.1) is 0 Å². The maximum absolute atomic E-state index is 12.6. The number of fused-ring (bicyclic) bond motifs is 1. The largest absolute Gasteiger partial charge is 0.290 e. The zero-order valence-electron chi connectivity index (χ0n) is 15.5. The average molecular weight is 406 g/mol. The van der Waals surface area contributed by atoms with Crippen molar-refractivity contribution in [2.75, 3.05) is 11.5 Å². The highest BCUT2D eigenvalue weighted by Crippen LogP contribution is 2.21. The predicted octanol–water partition coefficient (Wildman–Crippen LogP) is 0.392. The normalized spacial score (nSPS) is 18.1. The molecule has 2 aromatic rings. The van der Waals surface area contributed by atoms with Crippen LogP contribution in [0.15, 0.2) is 29.1 Å². The molecule has 0 bridgehead atoms. The van der Waals surface area contributed by atoms with Gasteiger partial charge in [0.1, 0.15) is 0 Å². The van der Waals surface area contributed by atoms with E-state index in [9.17, 15) is 22.8 Å². The molecule has 9 nitrogen and oxygen atoms in total. The Morgan fingerprint density at radius 1 is 1.21 bits per heavy atom. The van der Waals surface area contributed by atoms with Crippen molar-refractivity contribution in [2.24, 2.45) is 5.92 Å². The molecular formula is C18H22N4O5S. The van der Waals surface area contributed by atoms with Gasteiger partial charge in [-0.05, 0) is 24.8 Å². The molecular weight excluding hydrogens is 384 g/mol. The van der Waals surface area contributed by atoms with Crippen LogP contribution in [0.1, 0.15) is 36.7 Å². The Balaban J connectivity index is 1.73. The number of nitrogens with one attached hydrogen (secondary N) is 2. The van der Waals surface area contributed by atoms with Crippen molar-refractivity contribution in [1.82, 2.24) is 20.6 Å². The molecule has 2 amide bonds. The Morgan fingerprint density at radius 2 is 1.93 bits per heavy atom. The Kier molecular flexibility index (Phi) is 5.78. The van der Waals surface area contributed by atoms with Crippen LogP contribution in [0.3, 0.4) is 0 Å². The number of hydrogen-bond donors (Lipinski definition) is 2. The Labute approximate surface area is 162 Å². The van der Waals surface area contributed by atoms with Crippen LogP contribution in [-0.4, -0.2) is 41.5 Å². The molecule has 2 heterocycles. The van der Waals surface area contributed by atoms with Crippen LogP contribution in [0.4, 0.5) is 0 Å². The van der Waals surface area contributed by atoms with E-state index in [1.807, 2.05) is 6.92 Å². The van der Waals surface area contributed by atoms with Crippen molar-refractivity contribution in [3.8, 4) is 0 Å². The Morgan fingerprint density at radius 3 is 2.57 bits per heavy atom. The number of aromatic nitrogens is 2. The first-order valence-electron chi connectivity index (χ1n) is 9.10. The third kappa shape index (κ3) is 4.38. The second-order valence-electron chi connectivity index (χ2n) is 6.90. The number of nitrogens with zero attached hydrogens (tertiary/aromatic N) is 2. The summed E-state index contributed by atoms with van der Waals surface area (Å²) in [6.07, 6.45) is 1.13. The summed E-state index contributed by atoms with van der Waals surface area (Å²) in [7, 11) is -3.06. The van der Waals surface area contributed by atoms with Gasteiger partial charge in [-0.3, -0.25) is 25.2 Å². The fraction of sp³-hybridized carbons (Fsp3) is 0.444. The summed E-state index contributed by atoms with van der Waals surface area (Å²) in [5, 5.41) is 4.92. The van der Waals surface area contributed by atoms with E-state index in [0.717, 1.165) is 0 Å². The first-order valence-corrected chi connectivity index (χ1v) is 10.9. The van der Waals surface area contributed by atoms with E-state index in [4.69, 9.17) is 0 Å². The van der Waals surface area contributed by atoms with Crippen molar-refractivity contribution in [1.29, 1.82) is 0 Å². The van der Waals surface area contributed by atoms with Crippen molar-refractivity contribution < 1.29 is 18.0 Å². The summed E-state index contributed by atoms with van der Waals surface area (Å²) < 4.78 is 24.2. The van der Waals surface area contributed by atoms with Crippen LogP contribution < -0.4 is 16.4 Å². The smallest absolute Gasteiger partial charge is 0.273 e. The third-order valence-corrected chi connectivity index (χ3v) is 6.47. The van der Waals surface area contributed by atoms with Crippen molar-refractivity contribution >= 4 is 32.4 Å². The minimum atomic E-state index is -3.06. The quantitative estimate of drug-likeness (QED) is 0.692. The van der Waals surface area contributed by atoms with E-state index >= 15 is 0 Å². The number of benzene rings is 1. The summed E-state index contributed by atoms with van der Waals surface area (Å²) in [6, 6.07) is 6.66. The summed E-state index contributed by atoms with van der Waals surface area (Å²) in [5.74, 6) is -1.28. The summed E-state index contributed by atoms with van der Waals surface area (Å²) in [4.78, 5) is 37.1. The van der Waals surface area contributed by atoms with Gasteiger partial charge >= 0.3 is 0 Å². The van der Waals surface area contributed by atoms with Crippen molar-refractivity contribution in [3.05, 3.63) is 40.3 Å². The fourth-order valence-corrected chi connectivity index (χ4v) is 5.16. The monoisotopic (exact) mass is 406 g/mol. The minimum Gasteiger partial charge on any atom is -0.273 e. The molecule has 1 aliphatic heterocycles. The average Bonchev–Trinajstić information content (AvgIpc) is 3.00. The van der Waals surface area contributed by atoms with Gasteiger partial charge < -0.3 is 0 Å². The van der Waals surface area contributed by atoms with Gasteiger partial charge in [-0.1, -0.05) is 25.1 Å². The van der Waals surface area contributed by atoms with Gasteiger partial charge in [0.15, 0.2) is 15.5 Å². The van der Waals surface area contributed by atoms with E-state index in [-0.39, 0.29) is 35.1 Å². The number of rotatable bonds is 5. The van der Waals surface area contributed by atoms with Gasteiger partial charge in [-0.2, -0.15) is 5.10 Å². The van der Waals surface area contributed by atoms with E-state index < -0.39 is 21.7 Å². The molecule has 0 unspecified atom stereocenters. The van der Waals surface area contributed by atoms with Crippen LogP contribution in [-0.2, 0) is 21.2 Å². The van der Waals surface area contributed by atoms with Crippen LogP contribution in [0, 0.1) is 5.92 Å². The molecule has 0 aliphatic carbocycles. The first kappa shape index (κ1) is 20.0. The second-order valence-corrected chi connectivity index (χ2v) is 9.13. The standard InChI is InChI=1S/C18H22N4O5S/c1-2-8-22-18(25)14-6-4-3-5-13(14)16(21-22)17(24)20-19-15(23)10-12-7-9-28(26,27)11-12/h3-6,12H,2,7-11H2,1H3,(H,19,23)(H,20,24)/t12-/m0/s1. The lowest BCUT2D eigenvalue weighted by molar-refractivity contribution is -0.122. The summed E-state index contributed by atoms with van der Waals surface area (Å²) in [5.41, 5.74) is 4.37. The van der Waals surface area contributed by atoms with Gasteiger partial charge in [0.2, 0.25) is 5.91 Å². The van der Waals surface area contributed by atoms with Crippen LogP contribution in [0.25, 0.3) is 10.8 Å². The fourth-order valence-electron chi connectivity index (χ4n) is 3.30. The van der Waals surface area contributed by atoms with E-state index in [0.29, 0.717) is 30.2 Å². The maximum Gasteiger partial charge on any atom is 0.290 e. The third-order valence-electron chi connectivity index (χ3n) is 4.63. The van der Waals surface area contributed by atoms with Gasteiger partial charge in [0, 0.05) is 18.4 Å². The molecule has 1 fully saturated rings. The van der Waals surface area contributed by atoms with Gasteiger partial charge in [0.05, 0.1) is 16.9 Å². The second kappa shape index (κ2) is 8.09. The zero-order chi connectivity index (χ0) is 20.3. The number of aryl methyl sites for hydroxylation is 1. The molecule has 1 aromatic heterocycles. The van der Waals surface area contributed by atoms with Crippen LogP contribution in [0.5, 0.6) is 0 Å². The number of hydrazine groups is 1. The van der Waals surface area contributed by atoms with E-state index in [1.54, 1.807) is 24.3 Å². The van der Waals surface area contributed by atoms with Crippen molar-refractivity contribution in [3.63, 3.8) is 0 Å². The molecule has 10 heteroatoms. The Bertz CT molecular complexity index is 1080. The molecule has 1 saturated heterocycles. The number of carbonyl (C=O) groups excluding carboxylic acids is 2. The number of amides is 2. The molecule has 3 rings (SSSR count). The number of hydrogen-bond acceptors (Lipinski definition) is 6. The molecule has 1 aromatic carbocycles. The highest BCUT2D eigenvalue weighted by Gasteiger charge is 2.29. The van der Waals surface area contributed by atoms with E-state index in [1.165, 1.54) is 4.68 Å². The topological polar surface area (TPSA) is 127 Å². The minimum absolute atomic E-state index is 0.0114. The van der Waals surface area contributed by atoms with Crippen LogP contribution >= 0.6 is 0 Å². The molecule has 1 aliphatic rings. The molecule has 150 valence electrons. The first-order chi connectivity index (χ1) is 13.3. The van der Waals surface area contributed by atoms with Gasteiger partial charge in [-0.25, -0.2) is 13.1 Å². The molecule has 28 heavy (non-hydrogen) atoms. The Hall–Kier alpha value is -2.75. The number of carbonyl (C=O) groups is 2. The highest BCUT2D eigenvalue weighted by atomic mass is 32.2. The summed E-state index contributed by atoms with van der Waals surface area (Å²) >= 11 is 0. The lowest BCUT2D eigenvalue weighted by atomic mass is 10.1. The lowest BCUT2D eigenvalue weighted by Gasteiger charge is -2.12. The highest BCUT2D eigenvalue weighted by molar-refractivity contribution is 7.91. The molecule has 0 spiro atoms. The molecule has 0 saturated carbocycles. The van der Waals surface area contributed by atoms with Crippen molar-refractivity contribution in [2.45, 2.75) is 32.7 Å². The molecule has 1 atom stereocenters. The maximum atomic E-state index is 12.6. The van der Waals surface area contributed by atoms with Crippen LogP contribution in [0.2, 0.25) is 0 Å². The predicted molar refractivity (Wildman–Crippen MR) is 103 cm³/mol. The van der Waals surface area contributed by atoms with Gasteiger partial charge in [0.25, 0.3) is 11.5 Å². The lowest BCUT2D eigenvalue weighted by Crippen LogP contribution is -2.43. The summed E-state index contributed by atoms with van der Waals surface area (Å²) in [6.45, 7) is 2.26. The van der Waals surface area contributed by atoms with E-state index in [2.05, 4.69) is 16.0 Å². The zero-order valence-corrected chi connectivity index (χ0v) is 16.3. The molecule has 0 radical (unpaired) electrons.